The SMILES string of the molecule is CCC(O)c1cn(CC2CCOc3ccccc32)nn1. The largest absolute Gasteiger partial charge is 0.493 e. The molecule has 0 amide bonds. The Morgan fingerprint density at radius 2 is 2.30 bits per heavy atom. The second-order valence-corrected chi connectivity index (χ2v) is 5.16. The summed E-state index contributed by atoms with van der Waals surface area (Å²) in [5, 5.41) is 17.9. The molecule has 20 heavy (non-hydrogen) atoms. The summed E-state index contributed by atoms with van der Waals surface area (Å²) in [7, 11) is 0. The molecule has 1 N–H and O–H groups in total. The number of fused-ring (bicyclic) bond motifs is 1. The number of benzene rings is 1. The van der Waals surface area contributed by atoms with E-state index in [2.05, 4.69) is 16.4 Å². The molecule has 3 rings (SSSR count). The summed E-state index contributed by atoms with van der Waals surface area (Å²) in [5.41, 5.74) is 1.87. The van der Waals surface area contributed by atoms with E-state index in [0.717, 1.165) is 25.3 Å². The molecular weight excluding hydrogens is 254 g/mol. The summed E-state index contributed by atoms with van der Waals surface area (Å²) >= 11 is 0. The minimum absolute atomic E-state index is 0.383. The van der Waals surface area contributed by atoms with Crippen molar-refractivity contribution in [3.05, 3.63) is 41.7 Å². The summed E-state index contributed by atoms with van der Waals surface area (Å²) in [6.07, 6.45) is 2.94. The summed E-state index contributed by atoms with van der Waals surface area (Å²) in [6, 6.07) is 8.15. The van der Waals surface area contributed by atoms with Crippen LogP contribution in [0, 0.1) is 0 Å². The molecule has 0 radical (unpaired) electrons. The van der Waals surface area contributed by atoms with Gasteiger partial charge in [-0.1, -0.05) is 30.3 Å². The topological polar surface area (TPSA) is 60.2 Å². The number of para-hydroxylation sites is 1. The van der Waals surface area contributed by atoms with Gasteiger partial charge in [0.25, 0.3) is 0 Å². The van der Waals surface area contributed by atoms with Gasteiger partial charge in [0.05, 0.1) is 18.9 Å². The Labute approximate surface area is 118 Å². The van der Waals surface area contributed by atoms with Gasteiger partial charge < -0.3 is 9.84 Å². The van der Waals surface area contributed by atoms with Gasteiger partial charge in [0.1, 0.15) is 11.4 Å². The zero-order chi connectivity index (χ0) is 13.9. The van der Waals surface area contributed by atoms with Gasteiger partial charge in [-0.05, 0) is 24.5 Å². The molecular formula is C15H19N3O2. The zero-order valence-electron chi connectivity index (χ0n) is 11.6. The molecule has 1 aromatic heterocycles. The molecule has 1 aliphatic heterocycles. The van der Waals surface area contributed by atoms with Crippen molar-refractivity contribution in [3.63, 3.8) is 0 Å². The maximum Gasteiger partial charge on any atom is 0.122 e. The molecule has 0 bridgehead atoms. The van der Waals surface area contributed by atoms with Crippen LogP contribution in [0.4, 0.5) is 0 Å². The fraction of sp³-hybridized carbons (Fsp3) is 0.467. The number of nitrogens with zero attached hydrogens (tertiary/aromatic N) is 3. The normalized spacial score (nSPS) is 19.2. The van der Waals surface area contributed by atoms with Crippen molar-refractivity contribution in [2.24, 2.45) is 0 Å². The Balaban J connectivity index is 1.77. The first kappa shape index (κ1) is 13.1. The first-order valence-corrected chi connectivity index (χ1v) is 7.07. The second kappa shape index (κ2) is 5.63. The lowest BCUT2D eigenvalue weighted by Gasteiger charge is -2.25. The highest BCUT2D eigenvalue weighted by molar-refractivity contribution is 5.37. The van der Waals surface area contributed by atoms with Crippen molar-refractivity contribution in [3.8, 4) is 5.75 Å². The number of ether oxygens (including phenoxy) is 1. The van der Waals surface area contributed by atoms with Crippen LogP contribution >= 0.6 is 0 Å². The molecule has 106 valence electrons. The van der Waals surface area contributed by atoms with E-state index in [9.17, 15) is 5.11 Å². The van der Waals surface area contributed by atoms with Crippen LogP contribution < -0.4 is 4.74 Å². The van der Waals surface area contributed by atoms with Crippen LogP contribution in [0.3, 0.4) is 0 Å². The predicted molar refractivity (Wildman–Crippen MR) is 74.6 cm³/mol. The maximum absolute atomic E-state index is 9.77. The monoisotopic (exact) mass is 273 g/mol. The Hall–Kier alpha value is -1.88. The molecule has 0 spiro atoms. The van der Waals surface area contributed by atoms with Crippen LogP contribution in [0.15, 0.2) is 30.5 Å². The highest BCUT2D eigenvalue weighted by Crippen LogP contribution is 2.34. The molecule has 5 nitrogen and oxygen atoms in total. The van der Waals surface area contributed by atoms with Crippen molar-refractivity contribution in [2.45, 2.75) is 38.3 Å². The molecule has 0 aliphatic carbocycles. The molecule has 1 aliphatic rings. The lowest BCUT2D eigenvalue weighted by molar-refractivity contribution is 0.168. The number of hydrogen-bond acceptors (Lipinski definition) is 4. The summed E-state index contributed by atoms with van der Waals surface area (Å²) in [4.78, 5) is 0. The summed E-state index contributed by atoms with van der Waals surface area (Å²) < 4.78 is 7.49. The number of aliphatic hydroxyl groups is 1. The van der Waals surface area contributed by atoms with Crippen molar-refractivity contribution in [1.29, 1.82) is 0 Å². The predicted octanol–water partition coefficient (Wildman–Crippen LogP) is 2.29. The number of rotatable bonds is 4. The third-order valence-corrected chi connectivity index (χ3v) is 3.77. The van der Waals surface area contributed by atoms with Crippen molar-refractivity contribution in [2.75, 3.05) is 6.61 Å². The Morgan fingerprint density at radius 3 is 3.15 bits per heavy atom. The number of aromatic nitrogens is 3. The van der Waals surface area contributed by atoms with E-state index < -0.39 is 6.10 Å². The van der Waals surface area contributed by atoms with Crippen LogP contribution in [-0.2, 0) is 6.54 Å². The van der Waals surface area contributed by atoms with Gasteiger partial charge in [0.15, 0.2) is 0 Å². The molecule has 0 saturated heterocycles. The average molecular weight is 273 g/mol. The number of hydrogen-bond donors (Lipinski definition) is 1. The molecule has 2 aromatic rings. The zero-order valence-corrected chi connectivity index (χ0v) is 11.6. The standard InChI is InChI=1S/C15H19N3O2/c1-2-14(19)13-10-18(17-16-13)9-11-7-8-20-15-6-4-3-5-12(11)15/h3-6,10-11,14,19H,2,7-9H2,1H3. The van der Waals surface area contributed by atoms with Crippen LogP contribution in [0.1, 0.15) is 43.0 Å². The molecule has 5 heteroatoms. The molecule has 2 unspecified atom stereocenters. The molecule has 0 saturated carbocycles. The quantitative estimate of drug-likeness (QED) is 0.928. The van der Waals surface area contributed by atoms with Crippen LogP contribution in [0.5, 0.6) is 5.75 Å². The first-order chi connectivity index (χ1) is 9.78. The van der Waals surface area contributed by atoms with Crippen LogP contribution in [0.2, 0.25) is 0 Å². The van der Waals surface area contributed by atoms with Crippen molar-refractivity contribution < 1.29 is 9.84 Å². The lowest BCUT2D eigenvalue weighted by atomic mass is 9.93. The first-order valence-electron chi connectivity index (χ1n) is 7.07. The van der Waals surface area contributed by atoms with E-state index >= 15 is 0 Å². The highest BCUT2D eigenvalue weighted by Gasteiger charge is 2.22. The second-order valence-electron chi connectivity index (χ2n) is 5.16. The lowest BCUT2D eigenvalue weighted by Crippen LogP contribution is -2.18. The van der Waals surface area contributed by atoms with Crippen LogP contribution in [-0.4, -0.2) is 26.7 Å². The molecule has 0 fully saturated rings. The van der Waals surface area contributed by atoms with Gasteiger partial charge in [-0.3, -0.25) is 4.68 Å². The smallest absolute Gasteiger partial charge is 0.122 e. The Kier molecular flexibility index (Phi) is 3.69. The van der Waals surface area contributed by atoms with Gasteiger partial charge in [-0.15, -0.1) is 5.10 Å². The van der Waals surface area contributed by atoms with E-state index in [4.69, 9.17) is 4.74 Å². The van der Waals surface area contributed by atoms with Gasteiger partial charge in [-0.25, -0.2) is 0 Å². The van der Waals surface area contributed by atoms with E-state index in [-0.39, 0.29) is 0 Å². The highest BCUT2D eigenvalue weighted by atomic mass is 16.5. The van der Waals surface area contributed by atoms with Gasteiger partial charge >= 0.3 is 0 Å². The fourth-order valence-electron chi connectivity index (χ4n) is 2.60. The van der Waals surface area contributed by atoms with E-state index in [1.54, 1.807) is 0 Å². The Morgan fingerprint density at radius 1 is 1.45 bits per heavy atom. The Bertz CT molecular complexity index is 582. The van der Waals surface area contributed by atoms with Crippen molar-refractivity contribution in [1.82, 2.24) is 15.0 Å². The molecule has 2 heterocycles. The van der Waals surface area contributed by atoms with E-state index in [1.165, 1.54) is 5.56 Å². The fourth-order valence-corrected chi connectivity index (χ4v) is 2.60. The number of aliphatic hydroxyl groups excluding tert-OH is 1. The summed E-state index contributed by atoms with van der Waals surface area (Å²) in [6.45, 7) is 3.43. The third-order valence-electron chi connectivity index (χ3n) is 3.77. The summed E-state index contributed by atoms with van der Waals surface area (Å²) in [5.74, 6) is 1.35. The van der Waals surface area contributed by atoms with Crippen molar-refractivity contribution >= 4 is 0 Å². The van der Waals surface area contributed by atoms with Crippen LogP contribution in [0.25, 0.3) is 0 Å². The minimum Gasteiger partial charge on any atom is -0.493 e. The van der Waals surface area contributed by atoms with Gasteiger partial charge in [0.2, 0.25) is 0 Å². The van der Waals surface area contributed by atoms with E-state index in [1.807, 2.05) is 36.0 Å². The van der Waals surface area contributed by atoms with E-state index in [0.29, 0.717) is 18.0 Å². The minimum atomic E-state index is -0.522. The van der Waals surface area contributed by atoms with Gasteiger partial charge in [-0.2, -0.15) is 0 Å². The maximum atomic E-state index is 9.77. The molecule has 2 atom stereocenters. The van der Waals surface area contributed by atoms with Gasteiger partial charge in [0, 0.05) is 12.5 Å². The molecule has 1 aromatic carbocycles. The third kappa shape index (κ3) is 2.54. The average Bonchev–Trinajstić information content (AvgIpc) is 2.95.